The van der Waals surface area contributed by atoms with E-state index in [1.54, 1.807) is 28.0 Å². The minimum Gasteiger partial charge on any atom is -0.394 e. The lowest BCUT2D eigenvalue weighted by molar-refractivity contribution is 0.0677. The number of carbonyl (C=O) groups is 1. The Bertz CT molecular complexity index is 669. The quantitative estimate of drug-likeness (QED) is 0.842. The molecule has 3 rings (SSSR count). The highest BCUT2D eigenvalue weighted by Crippen LogP contribution is 2.25. The molecule has 122 valence electrons. The first-order chi connectivity index (χ1) is 11.2. The lowest BCUT2D eigenvalue weighted by Crippen LogP contribution is -2.37. The first-order valence-electron chi connectivity index (χ1n) is 7.73. The molecular formula is C17H20N2O2S2. The smallest absolute Gasteiger partial charge is 0.254 e. The molecule has 23 heavy (non-hydrogen) atoms. The zero-order valence-electron chi connectivity index (χ0n) is 13.1. The van der Waals surface area contributed by atoms with Gasteiger partial charge in [-0.05, 0) is 44.0 Å². The standard InChI is InChI=1S/C17H20N2O2S2/c1-12-18-14(10-22-12)11-23-16-6-4-13(5-7-16)17(21)19-8-2-3-15(19)9-20/h4-7,10,15,20H,2-3,8-9,11H2,1H3/t15-/m1/s1. The van der Waals surface area contributed by atoms with Crippen molar-refractivity contribution in [3.05, 3.63) is 45.9 Å². The summed E-state index contributed by atoms with van der Waals surface area (Å²) in [4.78, 5) is 19.9. The van der Waals surface area contributed by atoms with E-state index in [9.17, 15) is 9.90 Å². The third kappa shape index (κ3) is 3.94. The van der Waals surface area contributed by atoms with E-state index >= 15 is 0 Å². The maximum Gasteiger partial charge on any atom is 0.254 e. The molecule has 0 radical (unpaired) electrons. The van der Waals surface area contributed by atoms with Crippen molar-refractivity contribution in [1.82, 2.24) is 9.88 Å². The number of carbonyl (C=O) groups excluding carboxylic acids is 1. The van der Waals surface area contributed by atoms with E-state index in [1.165, 1.54) is 0 Å². The van der Waals surface area contributed by atoms with Crippen LogP contribution in [0.2, 0.25) is 0 Å². The van der Waals surface area contributed by atoms with Gasteiger partial charge in [-0.3, -0.25) is 4.79 Å². The number of rotatable bonds is 5. The van der Waals surface area contributed by atoms with E-state index in [4.69, 9.17) is 0 Å². The fourth-order valence-electron chi connectivity index (χ4n) is 2.78. The summed E-state index contributed by atoms with van der Waals surface area (Å²) in [6, 6.07) is 7.71. The zero-order chi connectivity index (χ0) is 16.2. The molecule has 0 bridgehead atoms. The van der Waals surface area contributed by atoms with Crippen LogP contribution in [0, 0.1) is 6.92 Å². The Hall–Kier alpha value is -1.37. The maximum absolute atomic E-state index is 12.5. The van der Waals surface area contributed by atoms with Crippen molar-refractivity contribution in [2.75, 3.05) is 13.2 Å². The van der Waals surface area contributed by atoms with Crippen molar-refractivity contribution in [2.45, 2.75) is 36.5 Å². The minimum absolute atomic E-state index is 0.0215. The summed E-state index contributed by atoms with van der Waals surface area (Å²) in [5.74, 6) is 0.865. The molecule has 0 spiro atoms. The van der Waals surface area contributed by atoms with Gasteiger partial charge in [0.25, 0.3) is 5.91 Å². The van der Waals surface area contributed by atoms with Crippen molar-refractivity contribution in [3.8, 4) is 0 Å². The van der Waals surface area contributed by atoms with Gasteiger partial charge in [0.2, 0.25) is 0 Å². The minimum atomic E-state index is -0.0237. The van der Waals surface area contributed by atoms with Crippen molar-refractivity contribution >= 4 is 29.0 Å². The van der Waals surface area contributed by atoms with Gasteiger partial charge in [0.05, 0.1) is 23.4 Å². The molecule has 0 aliphatic carbocycles. The van der Waals surface area contributed by atoms with E-state index in [1.807, 2.05) is 31.2 Å². The summed E-state index contributed by atoms with van der Waals surface area (Å²) in [6.45, 7) is 2.80. The number of aliphatic hydroxyl groups excluding tert-OH is 1. The van der Waals surface area contributed by atoms with Crippen molar-refractivity contribution < 1.29 is 9.90 Å². The second kappa shape index (κ2) is 7.47. The van der Waals surface area contributed by atoms with Gasteiger partial charge < -0.3 is 10.0 Å². The Balaban J connectivity index is 1.61. The average Bonchev–Trinajstić information content (AvgIpc) is 3.21. The molecule has 1 amide bonds. The number of likely N-dealkylation sites (tertiary alicyclic amines) is 1. The molecular weight excluding hydrogens is 328 g/mol. The molecule has 1 aromatic carbocycles. The number of aromatic nitrogens is 1. The fourth-order valence-corrected chi connectivity index (χ4v) is 4.29. The second-order valence-electron chi connectivity index (χ2n) is 5.65. The highest BCUT2D eigenvalue weighted by atomic mass is 32.2. The van der Waals surface area contributed by atoms with Gasteiger partial charge in [-0.25, -0.2) is 4.98 Å². The summed E-state index contributed by atoms with van der Waals surface area (Å²) in [6.07, 6.45) is 1.86. The monoisotopic (exact) mass is 348 g/mol. The summed E-state index contributed by atoms with van der Waals surface area (Å²) in [5.41, 5.74) is 1.79. The van der Waals surface area contributed by atoms with Gasteiger partial charge in [-0.15, -0.1) is 23.1 Å². The van der Waals surface area contributed by atoms with Gasteiger partial charge >= 0.3 is 0 Å². The summed E-state index contributed by atoms with van der Waals surface area (Å²) in [7, 11) is 0. The Morgan fingerprint density at radius 2 is 2.22 bits per heavy atom. The van der Waals surface area contributed by atoms with Gasteiger partial charge in [-0.2, -0.15) is 0 Å². The number of hydrogen-bond donors (Lipinski definition) is 1. The van der Waals surface area contributed by atoms with Gasteiger partial charge in [-0.1, -0.05) is 0 Å². The topological polar surface area (TPSA) is 53.4 Å². The fraction of sp³-hybridized carbons (Fsp3) is 0.412. The predicted molar refractivity (Wildman–Crippen MR) is 94.0 cm³/mol. The normalized spacial score (nSPS) is 17.7. The van der Waals surface area contributed by atoms with Crippen LogP contribution in [-0.2, 0) is 5.75 Å². The Labute approximate surface area is 144 Å². The van der Waals surface area contributed by atoms with Gasteiger partial charge in [0, 0.05) is 28.1 Å². The number of aliphatic hydroxyl groups is 1. The molecule has 2 aromatic rings. The first kappa shape index (κ1) is 16.5. The van der Waals surface area contributed by atoms with Gasteiger partial charge in [0.15, 0.2) is 0 Å². The molecule has 4 nitrogen and oxygen atoms in total. The molecule has 1 N–H and O–H groups in total. The molecule has 6 heteroatoms. The SMILES string of the molecule is Cc1nc(CSc2ccc(C(=O)N3CCC[C@@H]3CO)cc2)cs1. The van der Waals surface area contributed by atoms with Crippen LogP contribution in [0.15, 0.2) is 34.5 Å². The number of nitrogens with zero attached hydrogens (tertiary/aromatic N) is 2. The molecule has 1 aliphatic rings. The van der Waals surface area contributed by atoms with Crippen molar-refractivity contribution in [3.63, 3.8) is 0 Å². The van der Waals surface area contributed by atoms with E-state index in [0.29, 0.717) is 5.56 Å². The van der Waals surface area contributed by atoms with Gasteiger partial charge in [0.1, 0.15) is 0 Å². The second-order valence-corrected chi connectivity index (χ2v) is 7.76. The number of amides is 1. The van der Waals surface area contributed by atoms with Crippen LogP contribution in [0.5, 0.6) is 0 Å². The first-order valence-corrected chi connectivity index (χ1v) is 9.59. The van der Waals surface area contributed by atoms with Crippen molar-refractivity contribution in [2.24, 2.45) is 0 Å². The van der Waals surface area contributed by atoms with Crippen LogP contribution < -0.4 is 0 Å². The molecule has 0 unspecified atom stereocenters. The van der Waals surface area contributed by atoms with Crippen molar-refractivity contribution in [1.29, 1.82) is 0 Å². The summed E-state index contributed by atoms with van der Waals surface area (Å²) < 4.78 is 0. The van der Waals surface area contributed by atoms with Crippen LogP contribution in [-0.4, -0.2) is 40.1 Å². The Morgan fingerprint density at radius 3 is 2.87 bits per heavy atom. The molecule has 0 saturated carbocycles. The molecule has 1 saturated heterocycles. The number of benzene rings is 1. The highest BCUT2D eigenvalue weighted by Gasteiger charge is 2.28. The largest absolute Gasteiger partial charge is 0.394 e. The lowest BCUT2D eigenvalue weighted by Gasteiger charge is -2.23. The third-order valence-corrected chi connectivity index (χ3v) is 5.87. The zero-order valence-corrected chi connectivity index (χ0v) is 14.7. The lowest BCUT2D eigenvalue weighted by atomic mass is 10.2. The van der Waals surface area contributed by atoms with Crippen LogP contribution in [0.4, 0.5) is 0 Å². The van der Waals surface area contributed by atoms with Crippen LogP contribution in [0.3, 0.4) is 0 Å². The maximum atomic E-state index is 12.5. The Kier molecular flexibility index (Phi) is 5.35. The Morgan fingerprint density at radius 1 is 1.43 bits per heavy atom. The summed E-state index contributed by atoms with van der Waals surface area (Å²) >= 11 is 3.39. The van der Waals surface area contributed by atoms with E-state index < -0.39 is 0 Å². The number of aryl methyl sites for hydroxylation is 1. The predicted octanol–water partition coefficient (Wildman–Crippen LogP) is 3.34. The number of thioether (sulfide) groups is 1. The summed E-state index contributed by atoms with van der Waals surface area (Å²) in [5, 5.41) is 12.5. The molecule has 1 aromatic heterocycles. The van der Waals surface area contributed by atoms with Crippen LogP contribution in [0.25, 0.3) is 0 Å². The highest BCUT2D eigenvalue weighted by molar-refractivity contribution is 7.98. The third-order valence-electron chi connectivity index (χ3n) is 4.00. The van der Waals surface area contributed by atoms with E-state index in [0.717, 1.165) is 40.7 Å². The van der Waals surface area contributed by atoms with E-state index in [-0.39, 0.29) is 18.6 Å². The van der Waals surface area contributed by atoms with Crippen LogP contribution in [0.1, 0.15) is 33.9 Å². The molecule has 1 fully saturated rings. The number of hydrogen-bond acceptors (Lipinski definition) is 5. The number of thiazole rings is 1. The average molecular weight is 348 g/mol. The molecule has 1 aliphatic heterocycles. The van der Waals surface area contributed by atoms with E-state index in [2.05, 4.69) is 10.4 Å². The molecule has 2 heterocycles. The van der Waals surface area contributed by atoms with Crippen LogP contribution >= 0.6 is 23.1 Å². The molecule has 1 atom stereocenters.